The third kappa shape index (κ3) is 6.30. The standard InChI is InChI=1S/C18H29N5.HI/c1-4-14(5-2)13-21-18(19-3)20-12-8-11-17-22-15-9-6-7-10-16(15)23-17;/h6-7,9-10,14H,4-5,8,11-13H2,1-3H3,(H,22,23)(H2,19,20,21);1H. The maximum absolute atomic E-state index is 4.60. The summed E-state index contributed by atoms with van der Waals surface area (Å²) in [6, 6.07) is 8.15. The Hall–Kier alpha value is -1.31. The molecule has 5 nitrogen and oxygen atoms in total. The Morgan fingerprint density at radius 3 is 2.62 bits per heavy atom. The number of hydrogen-bond acceptors (Lipinski definition) is 2. The first-order valence-corrected chi connectivity index (χ1v) is 8.65. The van der Waals surface area contributed by atoms with Crippen molar-refractivity contribution in [1.29, 1.82) is 0 Å². The zero-order chi connectivity index (χ0) is 16.5. The Morgan fingerprint density at radius 1 is 1.21 bits per heavy atom. The smallest absolute Gasteiger partial charge is 0.190 e. The van der Waals surface area contributed by atoms with Crippen molar-refractivity contribution in [2.75, 3.05) is 20.1 Å². The summed E-state index contributed by atoms with van der Waals surface area (Å²) in [6.45, 7) is 6.34. The van der Waals surface area contributed by atoms with Crippen molar-refractivity contribution in [2.24, 2.45) is 10.9 Å². The van der Waals surface area contributed by atoms with Gasteiger partial charge in [0.1, 0.15) is 5.82 Å². The van der Waals surface area contributed by atoms with Crippen LogP contribution in [0.5, 0.6) is 0 Å². The highest BCUT2D eigenvalue weighted by molar-refractivity contribution is 14.0. The van der Waals surface area contributed by atoms with Crippen molar-refractivity contribution in [3.63, 3.8) is 0 Å². The van der Waals surface area contributed by atoms with E-state index >= 15 is 0 Å². The summed E-state index contributed by atoms with van der Waals surface area (Å²) in [7, 11) is 1.82. The molecule has 3 N–H and O–H groups in total. The maximum Gasteiger partial charge on any atom is 0.190 e. The number of aliphatic imine (C=N–C) groups is 1. The summed E-state index contributed by atoms with van der Waals surface area (Å²) in [5.41, 5.74) is 2.15. The van der Waals surface area contributed by atoms with Crippen molar-refractivity contribution in [1.82, 2.24) is 20.6 Å². The van der Waals surface area contributed by atoms with Gasteiger partial charge >= 0.3 is 0 Å². The van der Waals surface area contributed by atoms with Crippen LogP contribution in [-0.4, -0.2) is 36.1 Å². The topological polar surface area (TPSA) is 65.1 Å². The van der Waals surface area contributed by atoms with Crippen LogP contribution in [0.15, 0.2) is 29.3 Å². The first kappa shape index (κ1) is 20.7. The van der Waals surface area contributed by atoms with E-state index in [1.54, 1.807) is 0 Å². The van der Waals surface area contributed by atoms with Crippen LogP contribution in [-0.2, 0) is 6.42 Å². The van der Waals surface area contributed by atoms with Crippen LogP contribution in [0.1, 0.15) is 38.9 Å². The van der Waals surface area contributed by atoms with Gasteiger partial charge in [0, 0.05) is 26.6 Å². The number of H-pyrrole nitrogens is 1. The lowest BCUT2D eigenvalue weighted by Gasteiger charge is -2.16. The first-order valence-electron chi connectivity index (χ1n) is 8.65. The maximum atomic E-state index is 4.60. The number of rotatable bonds is 8. The summed E-state index contributed by atoms with van der Waals surface area (Å²) < 4.78 is 0. The molecule has 0 aliphatic carbocycles. The highest BCUT2D eigenvalue weighted by atomic mass is 127. The van der Waals surface area contributed by atoms with Gasteiger partial charge in [-0.05, 0) is 24.5 Å². The van der Waals surface area contributed by atoms with E-state index in [1.807, 2.05) is 25.2 Å². The number of benzene rings is 1. The molecule has 0 bridgehead atoms. The van der Waals surface area contributed by atoms with Gasteiger partial charge < -0.3 is 15.6 Å². The van der Waals surface area contributed by atoms with Crippen LogP contribution in [0.25, 0.3) is 11.0 Å². The minimum Gasteiger partial charge on any atom is -0.356 e. The molecule has 24 heavy (non-hydrogen) atoms. The summed E-state index contributed by atoms with van der Waals surface area (Å²) >= 11 is 0. The van der Waals surface area contributed by atoms with E-state index in [0.29, 0.717) is 5.92 Å². The second-order valence-corrected chi connectivity index (χ2v) is 5.87. The number of fused-ring (bicyclic) bond motifs is 1. The normalized spacial score (nSPS) is 11.6. The molecule has 6 heteroatoms. The van der Waals surface area contributed by atoms with Crippen molar-refractivity contribution in [3.8, 4) is 0 Å². The van der Waals surface area contributed by atoms with Gasteiger partial charge in [-0.2, -0.15) is 0 Å². The van der Waals surface area contributed by atoms with Crippen molar-refractivity contribution in [3.05, 3.63) is 30.1 Å². The van der Waals surface area contributed by atoms with Gasteiger partial charge in [-0.1, -0.05) is 38.8 Å². The average Bonchev–Trinajstić information content (AvgIpc) is 3.00. The van der Waals surface area contributed by atoms with Gasteiger partial charge in [0.15, 0.2) is 5.96 Å². The average molecular weight is 443 g/mol. The molecule has 0 spiro atoms. The molecular weight excluding hydrogens is 413 g/mol. The lowest BCUT2D eigenvalue weighted by molar-refractivity contribution is 0.481. The highest BCUT2D eigenvalue weighted by Crippen LogP contribution is 2.11. The molecule has 0 radical (unpaired) electrons. The largest absolute Gasteiger partial charge is 0.356 e. The molecule has 0 saturated heterocycles. The van der Waals surface area contributed by atoms with E-state index in [1.165, 1.54) is 12.8 Å². The van der Waals surface area contributed by atoms with Gasteiger partial charge in [0.2, 0.25) is 0 Å². The molecule has 2 rings (SSSR count). The Labute approximate surface area is 162 Å². The molecule has 1 aromatic heterocycles. The number of aryl methyl sites for hydroxylation is 1. The molecule has 1 heterocycles. The highest BCUT2D eigenvalue weighted by Gasteiger charge is 2.05. The van der Waals surface area contributed by atoms with E-state index in [-0.39, 0.29) is 24.0 Å². The van der Waals surface area contributed by atoms with Gasteiger partial charge in [-0.25, -0.2) is 4.98 Å². The Morgan fingerprint density at radius 2 is 1.96 bits per heavy atom. The third-order valence-electron chi connectivity index (χ3n) is 4.26. The van der Waals surface area contributed by atoms with Crippen LogP contribution in [0.4, 0.5) is 0 Å². The van der Waals surface area contributed by atoms with Crippen molar-refractivity contribution >= 4 is 41.0 Å². The number of halogens is 1. The molecule has 2 aromatic rings. The summed E-state index contributed by atoms with van der Waals surface area (Å²) in [4.78, 5) is 12.2. The molecule has 0 amide bonds. The summed E-state index contributed by atoms with van der Waals surface area (Å²) in [5.74, 6) is 2.65. The lowest BCUT2D eigenvalue weighted by Crippen LogP contribution is -2.40. The van der Waals surface area contributed by atoms with E-state index in [0.717, 1.165) is 48.7 Å². The quantitative estimate of drug-likeness (QED) is 0.252. The first-order chi connectivity index (χ1) is 11.3. The lowest BCUT2D eigenvalue weighted by atomic mass is 10.0. The number of aromatic nitrogens is 2. The number of para-hydroxylation sites is 2. The molecule has 0 saturated carbocycles. The van der Waals surface area contributed by atoms with Crippen LogP contribution in [0.2, 0.25) is 0 Å². The number of nitrogens with zero attached hydrogens (tertiary/aromatic N) is 2. The molecule has 0 unspecified atom stereocenters. The van der Waals surface area contributed by atoms with Gasteiger partial charge in [-0.3, -0.25) is 4.99 Å². The van der Waals surface area contributed by atoms with Gasteiger partial charge in [0.25, 0.3) is 0 Å². The molecule has 0 fully saturated rings. The van der Waals surface area contributed by atoms with Crippen molar-refractivity contribution in [2.45, 2.75) is 39.5 Å². The number of imidazole rings is 1. The van der Waals surface area contributed by atoms with E-state index < -0.39 is 0 Å². The molecule has 0 aliphatic heterocycles. The van der Waals surface area contributed by atoms with Gasteiger partial charge in [0.05, 0.1) is 11.0 Å². The fourth-order valence-electron chi connectivity index (χ4n) is 2.63. The monoisotopic (exact) mass is 443 g/mol. The predicted octanol–water partition coefficient (Wildman–Crippen LogP) is 3.71. The molecule has 0 atom stereocenters. The number of nitrogens with one attached hydrogen (secondary N) is 3. The van der Waals surface area contributed by atoms with Crippen LogP contribution in [0.3, 0.4) is 0 Å². The van der Waals surface area contributed by atoms with E-state index in [9.17, 15) is 0 Å². The van der Waals surface area contributed by atoms with Crippen LogP contribution < -0.4 is 10.6 Å². The minimum absolute atomic E-state index is 0. The Bertz CT molecular complexity index is 586. The minimum atomic E-state index is 0. The fourth-order valence-corrected chi connectivity index (χ4v) is 2.63. The number of aromatic amines is 1. The second-order valence-electron chi connectivity index (χ2n) is 5.87. The SMILES string of the molecule is CCC(CC)CNC(=NC)NCCCc1nc2ccccc2[nH]1.I. The van der Waals surface area contributed by atoms with Crippen LogP contribution >= 0.6 is 24.0 Å². The number of hydrogen-bond donors (Lipinski definition) is 3. The summed E-state index contributed by atoms with van der Waals surface area (Å²) in [6.07, 6.45) is 4.36. The Balaban J connectivity index is 0.00000288. The van der Waals surface area contributed by atoms with Crippen molar-refractivity contribution < 1.29 is 0 Å². The fraction of sp³-hybridized carbons (Fsp3) is 0.556. The predicted molar refractivity (Wildman–Crippen MR) is 113 cm³/mol. The second kappa shape index (κ2) is 11.3. The zero-order valence-electron chi connectivity index (χ0n) is 14.9. The number of guanidine groups is 1. The molecule has 1 aromatic carbocycles. The van der Waals surface area contributed by atoms with Gasteiger partial charge in [-0.15, -0.1) is 24.0 Å². The molecule has 134 valence electrons. The molecule has 0 aliphatic rings. The Kier molecular flexibility index (Phi) is 9.75. The molecular formula is C18H30IN5. The van der Waals surface area contributed by atoms with E-state index in [4.69, 9.17) is 0 Å². The van der Waals surface area contributed by atoms with Crippen LogP contribution in [0, 0.1) is 5.92 Å². The van der Waals surface area contributed by atoms with E-state index in [2.05, 4.69) is 45.5 Å². The third-order valence-corrected chi connectivity index (χ3v) is 4.26. The summed E-state index contributed by atoms with van der Waals surface area (Å²) in [5, 5.41) is 6.78. The zero-order valence-corrected chi connectivity index (χ0v) is 17.3.